The summed E-state index contributed by atoms with van der Waals surface area (Å²) in [6.45, 7) is 0. The first-order valence-corrected chi connectivity index (χ1v) is 8.48. The number of anilines is 1. The Morgan fingerprint density at radius 2 is 1.83 bits per heavy atom. The summed E-state index contributed by atoms with van der Waals surface area (Å²) < 4.78 is 22.7. The topological polar surface area (TPSA) is 46.2 Å². The maximum atomic E-state index is 11.4. The minimum absolute atomic E-state index is 0.390. The third-order valence-electron chi connectivity index (χ3n) is 4.37. The smallest absolute Gasteiger partial charge is 0.175 e. The SMILES string of the molecule is CS(=O)(=O)c1ccc(NC2CC3CCC2C3)cc1. The maximum Gasteiger partial charge on any atom is 0.175 e. The van der Waals surface area contributed by atoms with Gasteiger partial charge in [-0.15, -0.1) is 0 Å². The Hall–Kier alpha value is -1.03. The zero-order valence-corrected chi connectivity index (χ0v) is 11.4. The molecular weight excluding hydrogens is 246 g/mol. The van der Waals surface area contributed by atoms with Crippen molar-refractivity contribution in [1.29, 1.82) is 0 Å². The minimum Gasteiger partial charge on any atom is -0.382 e. The van der Waals surface area contributed by atoms with E-state index >= 15 is 0 Å². The first kappa shape index (κ1) is 12.0. The second kappa shape index (κ2) is 4.26. The van der Waals surface area contributed by atoms with E-state index in [1.54, 1.807) is 12.1 Å². The van der Waals surface area contributed by atoms with Crippen LogP contribution in [0.2, 0.25) is 0 Å². The van der Waals surface area contributed by atoms with Crippen LogP contribution in [-0.4, -0.2) is 20.7 Å². The molecule has 3 atom stereocenters. The summed E-state index contributed by atoms with van der Waals surface area (Å²) in [4.78, 5) is 0.390. The van der Waals surface area contributed by atoms with E-state index in [0.29, 0.717) is 10.9 Å². The van der Waals surface area contributed by atoms with Gasteiger partial charge in [0.05, 0.1) is 4.90 Å². The second-order valence-corrected chi connectivity index (χ2v) is 7.74. The Morgan fingerprint density at radius 3 is 2.33 bits per heavy atom. The van der Waals surface area contributed by atoms with Crippen LogP contribution in [0.25, 0.3) is 0 Å². The molecule has 2 fully saturated rings. The van der Waals surface area contributed by atoms with Gasteiger partial charge < -0.3 is 5.32 Å². The molecule has 0 heterocycles. The molecule has 98 valence electrons. The largest absolute Gasteiger partial charge is 0.382 e. The molecule has 1 N–H and O–H groups in total. The zero-order chi connectivity index (χ0) is 12.8. The molecular formula is C14H19NO2S. The number of nitrogens with one attached hydrogen (secondary N) is 1. The van der Waals surface area contributed by atoms with Crippen LogP contribution in [0.3, 0.4) is 0 Å². The highest BCUT2D eigenvalue weighted by atomic mass is 32.2. The van der Waals surface area contributed by atoms with Crippen molar-refractivity contribution in [2.24, 2.45) is 11.8 Å². The lowest BCUT2D eigenvalue weighted by atomic mass is 9.95. The van der Waals surface area contributed by atoms with E-state index in [2.05, 4.69) is 5.32 Å². The van der Waals surface area contributed by atoms with Crippen LogP contribution in [-0.2, 0) is 9.84 Å². The van der Waals surface area contributed by atoms with Gasteiger partial charge in [-0.2, -0.15) is 0 Å². The first-order chi connectivity index (χ1) is 8.52. The number of rotatable bonds is 3. The van der Waals surface area contributed by atoms with Crippen molar-refractivity contribution in [2.75, 3.05) is 11.6 Å². The van der Waals surface area contributed by atoms with Crippen molar-refractivity contribution in [1.82, 2.24) is 0 Å². The van der Waals surface area contributed by atoms with Crippen molar-refractivity contribution in [2.45, 2.75) is 36.6 Å². The van der Waals surface area contributed by atoms with Crippen LogP contribution < -0.4 is 5.32 Å². The standard InChI is InChI=1S/C14H19NO2S/c1-18(16,17)13-6-4-12(5-7-13)15-14-9-10-2-3-11(14)8-10/h4-7,10-11,14-15H,2-3,8-9H2,1H3. The van der Waals surface area contributed by atoms with E-state index in [-0.39, 0.29) is 0 Å². The summed E-state index contributed by atoms with van der Waals surface area (Å²) >= 11 is 0. The molecule has 0 radical (unpaired) electrons. The maximum absolute atomic E-state index is 11.4. The molecule has 18 heavy (non-hydrogen) atoms. The molecule has 0 amide bonds. The van der Waals surface area contributed by atoms with Gasteiger partial charge in [0.25, 0.3) is 0 Å². The molecule has 2 aliphatic rings. The van der Waals surface area contributed by atoms with E-state index in [9.17, 15) is 8.42 Å². The summed E-state index contributed by atoms with van der Waals surface area (Å²) in [6, 6.07) is 7.72. The van der Waals surface area contributed by atoms with Crippen molar-refractivity contribution in [3.63, 3.8) is 0 Å². The van der Waals surface area contributed by atoms with Gasteiger partial charge in [0.15, 0.2) is 9.84 Å². The van der Waals surface area contributed by atoms with E-state index in [1.165, 1.54) is 31.9 Å². The Morgan fingerprint density at radius 1 is 1.11 bits per heavy atom. The minimum atomic E-state index is -3.08. The third kappa shape index (κ3) is 2.26. The van der Waals surface area contributed by atoms with E-state index in [0.717, 1.165) is 17.5 Å². The molecule has 1 aromatic carbocycles. The molecule has 2 aliphatic carbocycles. The molecule has 0 saturated heterocycles. The molecule has 1 aromatic rings. The lowest BCUT2D eigenvalue weighted by Gasteiger charge is -2.24. The highest BCUT2D eigenvalue weighted by Gasteiger charge is 2.39. The van der Waals surface area contributed by atoms with Crippen molar-refractivity contribution in [3.05, 3.63) is 24.3 Å². The van der Waals surface area contributed by atoms with E-state index in [4.69, 9.17) is 0 Å². The summed E-state index contributed by atoms with van der Waals surface area (Å²) in [5.41, 5.74) is 1.04. The summed E-state index contributed by atoms with van der Waals surface area (Å²) in [5, 5.41) is 3.56. The lowest BCUT2D eigenvalue weighted by Crippen LogP contribution is -2.25. The predicted octanol–water partition coefficient (Wildman–Crippen LogP) is 2.69. The number of hydrogen-bond donors (Lipinski definition) is 1. The molecule has 3 nitrogen and oxygen atoms in total. The van der Waals surface area contributed by atoms with E-state index in [1.807, 2.05) is 12.1 Å². The highest BCUT2D eigenvalue weighted by molar-refractivity contribution is 7.90. The third-order valence-corrected chi connectivity index (χ3v) is 5.50. The number of sulfone groups is 1. The zero-order valence-electron chi connectivity index (χ0n) is 10.6. The number of hydrogen-bond acceptors (Lipinski definition) is 3. The van der Waals surface area contributed by atoms with Crippen molar-refractivity contribution < 1.29 is 8.42 Å². The van der Waals surface area contributed by atoms with Crippen LogP contribution in [0.4, 0.5) is 5.69 Å². The quantitative estimate of drug-likeness (QED) is 0.914. The second-order valence-electron chi connectivity index (χ2n) is 5.72. The molecule has 2 bridgehead atoms. The Kier molecular flexibility index (Phi) is 2.85. The normalized spacial score (nSPS) is 30.6. The molecule has 3 unspecified atom stereocenters. The fourth-order valence-corrected chi connectivity index (χ4v) is 4.06. The van der Waals surface area contributed by atoms with Crippen LogP contribution in [0, 0.1) is 11.8 Å². The molecule has 4 heteroatoms. The van der Waals surface area contributed by atoms with Crippen molar-refractivity contribution >= 4 is 15.5 Å². The molecule has 0 aliphatic heterocycles. The van der Waals surface area contributed by atoms with Crippen LogP contribution in [0.5, 0.6) is 0 Å². The van der Waals surface area contributed by atoms with E-state index < -0.39 is 9.84 Å². The lowest BCUT2D eigenvalue weighted by molar-refractivity contribution is 0.440. The first-order valence-electron chi connectivity index (χ1n) is 6.59. The van der Waals surface area contributed by atoms with Crippen LogP contribution in [0.15, 0.2) is 29.2 Å². The number of benzene rings is 1. The van der Waals surface area contributed by atoms with Gasteiger partial charge >= 0.3 is 0 Å². The van der Waals surface area contributed by atoms with Gasteiger partial charge in [-0.1, -0.05) is 6.42 Å². The fraction of sp³-hybridized carbons (Fsp3) is 0.571. The van der Waals surface area contributed by atoms with Gasteiger partial charge in [0, 0.05) is 18.0 Å². The van der Waals surface area contributed by atoms with Gasteiger partial charge in [0.1, 0.15) is 0 Å². The average Bonchev–Trinajstić information content (AvgIpc) is 2.90. The predicted molar refractivity (Wildman–Crippen MR) is 72.4 cm³/mol. The van der Waals surface area contributed by atoms with Gasteiger partial charge in [0.2, 0.25) is 0 Å². The summed E-state index contributed by atoms with van der Waals surface area (Å²) in [5.74, 6) is 1.74. The molecule has 0 aromatic heterocycles. The van der Waals surface area contributed by atoms with Gasteiger partial charge in [-0.25, -0.2) is 8.42 Å². The Labute approximate surface area is 109 Å². The monoisotopic (exact) mass is 265 g/mol. The Bertz CT molecular complexity index is 535. The van der Waals surface area contributed by atoms with Crippen molar-refractivity contribution in [3.8, 4) is 0 Å². The van der Waals surface area contributed by atoms with Gasteiger partial charge in [-0.3, -0.25) is 0 Å². The van der Waals surface area contributed by atoms with Gasteiger partial charge in [-0.05, 0) is 55.4 Å². The summed E-state index contributed by atoms with van der Waals surface area (Å²) in [6.07, 6.45) is 6.64. The molecule has 0 spiro atoms. The Balaban J connectivity index is 1.71. The molecule has 3 rings (SSSR count). The fourth-order valence-electron chi connectivity index (χ4n) is 3.43. The van der Waals surface area contributed by atoms with Crippen LogP contribution in [0.1, 0.15) is 25.7 Å². The highest BCUT2D eigenvalue weighted by Crippen LogP contribution is 2.45. The molecule has 2 saturated carbocycles. The van der Waals surface area contributed by atoms with Crippen LogP contribution >= 0.6 is 0 Å². The average molecular weight is 265 g/mol. The summed E-state index contributed by atoms with van der Waals surface area (Å²) in [7, 11) is -3.08. The number of fused-ring (bicyclic) bond motifs is 2.